The first-order valence-electron chi connectivity index (χ1n) is 16.0. The average molecular weight is 761 g/mol. The van der Waals surface area contributed by atoms with Crippen LogP contribution in [-0.4, -0.2) is 25.7 Å². The number of fused-ring (bicyclic) bond motifs is 4. The van der Waals surface area contributed by atoms with E-state index < -0.39 is 37.0 Å². The summed E-state index contributed by atoms with van der Waals surface area (Å²) in [4.78, 5) is 0. The number of aryl methyl sites for hydroxylation is 1. The van der Waals surface area contributed by atoms with Crippen LogP contribution in [0.4, 0.5) is 0 Å². The molecule has 0 saturated heterocycles. The fourth-order valence-electron chi connectivity index (χ4n) is 5.98. The van der Waals surface area contributed by atoms with Crippen LogP contribution < -0.4 is 20.7 Å². The van der Waals surface area contributed by atoms with Crippen LogP contribution >= 0.6 is 17.0 Å². The van der Waals surface area contributed by atoms with Gasteiger partial charge in [-0.05, 0) is 24.3 Å². The number of rotatable bonds is 6. The van der Waals surface area contributed by atoms with Crippen molar-refractivity contribution in [2.75, 3.05) is 0 Å². The van der Waals surface area contributed by atoms with Gasteiger partial charge < -0.3 is 0 Å². The van der Waals surface area contributed by atoms with Gasteiger partial charge in [-0.2, -0.15) is 35.5 Å². The van der Waals surface area contributed by atoms with Gasteiger partial charge in [0.05, 0.1) is 25.7 Å². The minimum Gasteiger partial charge on any atom is -0.184 e. The largest absolute Gasteiger partial charge is 0.184 e. The predicted octanol–water partition coefficient (Wildman–Crippen LogP) is 9.58. The third-order valence-electron chi connectivity index (χ3n) is 8.35. The van der Waals surface area contributed by atoms with Crippen LogP contribution in [0.5, 0.6) is 0 Å². The van der Waals surface area contributed by atoms with Gasteiger partial charge in [-0.1, -0.05) is 135 Å². The molecule has 0 aliphatic carbocycles. The SMILES string of the molecule is CCc1ccc2[cH-]c(CC(C)C)cc2c1-c1cc([Si](C)(C)C)cc([Si](C)(C)C)c1.[Cl][Zr+2][Cl].[c-]1cccc2c1[Si]c1ccccc1-2. The van der Waals surface area contributed by atoms with Gasteiger partial charge in [0.25, 0.3) is 0 Å². The molecule has 0 spiro atoms. The van der Waals surface area contributed by atoms with Crippen molar-refractivity contribution in [2.24, 2.45) is 5.92 Å². The molecule has 6 heteroatoms. The maximum atomic E-state index is 4.93. The van der Waals surface area contributed by atoms with Gasteiger partial charge in [-0.15, -0.1) is 40.1 Å². The monoisotopic (exact) mass is 758 g/mol. The van der Waals surface area contributed by atoms with E-state index in [0.29, 0.717) is 5.92 Å². The van der Waals surface area contributed by atoms with E-state index in [0.717, 1.165) is 22.4 Å². The minimum atomic E-state index is -1.40. The standard InChI is InChI=1S/C27H39Si2.C12H7Si.2ClH.Zr/c1-10-21-11-12-22-14-20(13-19(2)3)15-26(22)27(21)23-16-24(28(4,5)6)18-25(17-23)29(7,8)9;1-3-7-11-9(5-1)10-6-2-4-8-12(10)13-11;;;/h11-12,14-19H,10,13H2,1-9H3;1-7H;2*1H;/q2*-1;;;+4/p-2. The molecule has 0 unspecified atom stereocenters. The molecule has 0 nitrogen and oxygen atoms in total. The quantitative estimate of drug-likeness (QED) is 0.117. The number of halogens is 2. The zero-order valence-corrected chi connectivity index (χ0v) is 35.3. The Morgan fingerprint density at radius 1 is 0.822 bits per heavy atom. The first-order chi connectivity index (χ1) is 21.3. The summed E-state index contributed by atoms with van der Waals surface area (Å²) in [6.45, 7) is 21.8. The second-order valence-electron chi connectivity index (χ2n) is 14.4. The fourth-order valence-corrected chi connectivity index (χ4v) is 9.79. The van der Waals surface area contributed by atoms with Crippen molar-refractivity contribution in [1.29, 1.82) is 0 Å². The molecule has 0 fully saturated rings. The van der Waals surface area contributed by atoms with Crippen molar-refractivity contribution < 1.29 is 20.8 Å². The van der Waals surface area contributed by atoms with Crippen LogP contribution in [0.3, 0.4) is 0 Å². The maximum absolute atomic E-state index is 4.93. The van der Waals surface area contributed by atoms with Crippen LogP contribution in [0.1, 0.15) is 31.9 Å². The van der Waals surface area contributed by atoms with Crippen molar-refractivity contribution in [3.63, 3.8) is 0 Å². The average Bonchev–Trinajstić information content (AvgIpc) is 3.56. The zero-order chi connectivity index (χ0) is 32.9. The topological polar surface area (TPSA) is 0 Å². The molecule has 6 rings (SSSR count). The van der Waals surface area contributed by atoms with E-state index in [4.69, 9.17) is 17.0 Å². The predicted molar refractivity (Wildman–Crippen MR) is 206 cm³/mol. The second kappa shape index (κ2) is 15.7. The molecule has 1 heterocycles. The zero-order valence-electron chi connectivity index (χ0n) is 28.3. The summed E-state index contributed by atoms with van der Waals surface area (Å²) in [5, 5.41) is 8.87. The molecule has 2 radical (unpaired) electrons. The number of hydrogen-bond acceptors (Lipinski definition) is 0. The van der Waals surface area contributed by atoms with Crippen molar-refractivity contribution in [1.82, 2.24) is 0 Å². The van der Waals surface area contributed by atoms with Gasteiger partial charge in [0, 0.05) is 0 Å². The minimum absolute atomic E-state index is 0.689. The van der Waals surface area contributed by atoms with E-state index in [9.17, 15) is 0 Å². The fraction of sp³-hybridized carbons (Fsp3) is 0.308. The molecule has 0 N–H and O–H groups in total. The Morgan fingerprint density at radius 3 is 2.04 bits per heavy atom. The molecular weight excluding hydrogens is 715 g/mol. The Labute approximate surface area is 295 Å². The summed E-state index contributed by atoms with van der Waals surface area (Å²) in [6, 6.07) is 35.4. The number of benzene rings is 4. The summed E-state index contributed by atoms with van der Waals surface area (Å²) in [5.74, 6) is 0.689. The van der Waals surface area contributed by atoms with Gasteiger partial charge in [-0.25, -0.2) is 0 Å². The first kappa shape index (κ1) is 36.4. The third kappa shape index (κ3) is 9.15. The number of hydrogen-bond donors (Lipinski definition) is 0. The molecule has 5 aromatic rings. The van der Waals surface area contributed by atoms with Crippen LogP contribution in [0.2, 0.25) is 39.3 Å². The Kier molecular flexibility index (Phi) is 12.7. The Balaban J connectivity index is 0.000000236. The van der Waals surface area contributed by atoms with E-state index in [2.05, 4.69) is 145 Å². The molecule has 0 atom stereocenters. The molecule has 0 aromatic heterocycles. The normalized spacial score (nSPS) is 12.1. The maximum Gasteiger partial charge on any atom is 0.0920 e. The smallest absolute Gasteiger partial charge is 0.0920 e. The van der Waals surface area contributed by atoms with Crippen LogP contribution in [0, 0.1) is 12.0 Å². The second-order valence-corrected chi connectivity index (χ2v) is 29.6. The van der Waals surface area contributed by atoms with E-state index in [1.54, 1.807) is 10.4 Å². The van der Waals surface area contributed by atoms with Gasteiger partial charge in [0.2, 0.25) is 0 Å². The molecule has 0 saturated carbocycles. The molecule has 1 aliphatic rings. The van der Waals surface area contributed by atoms with E-state index in [1.807, 2.05) is 6.07 Å². The molecule has 1 aliphatic heterocycles. The van der Waals surface area contributed by atoms with E-state index in [-0.39, 0.29) is 0 Å². The summed E-state index contributed by atoms with van der Waals surface area (Å²) >= 11 is -0.826. The van der Waals surface area contributed by atoms with Gasteiger partial charge >= 0.3 is 37.9 Å². The Morgan fingerprint density at radius 2 is 1.44 bits per heavy atom. The van der Waals surface area contributed by atoms with Crippen molar-refractivity contribution >= 4 is 74.2 Å². The third-order valence-corrected chi connectivity index (χ3v) is 13.8. The molecule has 45 heavy (non-hydrogen) atoms. The van der Waals surface area contributed by atoms with Crippen LogP contribution in [-0.2, 0) is 33.7 Å². The molecule has 5 aromatic carbocycles. The van der Waals surface area contributed by atoms with Crippen molar-refractivity contribution in [2.45, 2.75) is 72.9 Å². The van der Waals surface area contributed by atoms with Gasteiger partial charge in [0.1, 0.15) is 0 Å². The first-order valence-corrected chi connectivity index (χ1v) is 30.3. The summed E-state index contributed by atoms with van der Waals surface area (Å²) in [7, 11) is 7.87. The Bertz CT molecular complexity index is 1670. The van der Waals surface area contributed by atoms with Crippen LogP contribution in [0.15, 0.2) is 84.9 Å². The molecule has 232 valence electrons. The van der Waals surface area contributed by atoms with E-state index >= 15 is 0 Å². The molecular formula is C39H46Cl2Si3Zr. The van der Waals surface area contributed by atoms with E-state index in [1.165, 1.54) is 54.5 Å². The summed E-state index contributed by atoms with van der Waals surface area (Å²) in [5.41, 5.74) is 8.67. The summed E-state index contributed by atoms with van der Waals surface area (Å²) in [6.07, 6.45) is 2.24. The van der Waals surface area contributed by atoms with Crippen LogP contribution in [0.25, 0.3) is 33.0 Å². The summed E-state index contributed by atoms with van der Waals surface area (Å²) < 4.78 is 0. The molecule has 0 bridgehead atoms. The van der Waals surface area contributed by atoms with Gasteiger partial charge in [0.15, 0.2) is 0 Å². The van der Waals surface area contributed by atoms with Gasteiger partial charge in [-0.3, -0.25) is 0 Å². The Hall–Kier alpha value is -1.40. The van der Waals surface area contributed by atoms with Crippen molar-refractivity contribution in [3.05, 3.63) is 102 Å². The molecule has 0 amide bonds. The van der Waals surface area contributed by atoms with Crippen molar-refractivity contribution in [3.8, 4) is 22.3 Å².